The number of fused-ring (bicyclic) bond motifs is 1. The number of ether oxygens (including phenoxy) is 2. The average Bonchev–Trinajstić information content (AvgIpc) is 3.65. The first-order valence-corrected chi connectivity index (χ1v) is 14.9. The van der Waals surface area contributed by atoms with Crippen molar-refractivity contribution in [2.24, 2.45) is 5.92 Å². The van der Waals surface area contributed by atoms with Gasteiger partial charge in [-0.3, -0.25) is 19.2 Å². The highest BCUT2D eigenvalue weighted by Gasteiger charge is 2.42. The van der Waals surface area contributed by atoms with Gasteiger partial charge >= 0.3 is 18.2 Å². The molecule has 45 heavy (non-hydrogen) atoms. The molecule has 1 aliphatic carbocycles. The summed E-state index contributed by atoms with van der Waals surface area (Å²) in [6.45, 7) is 3.32. The van der Waals surface area contributed by atoms with Gasteiger partial charge < -0.3 is 19.5 Å². The molecule has 1 aliphatic heterocycles. The highest BCUT2D eigenvalue weighted by Crippen LogP contribution is 2.35. The van der Waals surface area contributed by atoms with E-state index in [4.69, 9.17) is 9.47 Å². The number of halogens is 3. The van der Waals surface area contributed by atoms with E-state index in [9.17, 15) is 32.7 Å². The van der Waals surface area contributed by atoms with Crippen LogP contribution in [0.25, 0.3) is 11.4 Å². The maximum absolute atomic E-state index is 13.7. The number of esters is 1. The van der Waals surface area contributed by atoms with Gasteiger partial charge in [0.05, 0.1) is 29.8 Å². The molecule has 2 aliphatic rings. The number of anilines is 1. The number of aromatic nitrogens is 4. The number of carbonyl (C=O) groups is 3. The molecule has 0 spiro atoms. The Balaban J connectivity index is 1.47. The summed E-state index contributed by atoms with van der Waals surface area (Å²) in [5.41, 5.74) is -0.351. The summed E-state index contributed by atoms with van der Waals surface area (Å²) in [6, 6.07) is 4.83. The number of amides is 1. The Morgan fingerprint density at radius 1 is 1.09 bits per heavy atom. The van der Waals surface area contributed by atoms with Gasteiger partial charge in [0, 0.05) is 19.3 Å². The molecular weight excluding hydrogens is 597 g/mol. The van der Waals surface area contributed by atoms with Crippen LogP contribution in [0.15, 0.2) is 36.7 Å². The van der Waals surface area contributed by atoms with E-state index in [0.29, 0.717) is 24.8 Å². The van der Waals surface area contributed by atoms with Crippen LogP contribution in [0.1, 0.15) is 74.0 Å². The van der Waals surface area contributed by atoms with Crippen molar-refractivity contribution in [2.45, 2.75) is 71.4 Å². The minimum Gasteiger partial charge on any atom is -0.428 e. The number of nitrogens with zero attached hydrogens (tertiary/aromatic N) is 6. The van der Waals surface area contributed by atoms with E-state index in [1.165, 1.54) is 39.0 Å². The highest BCUT2D eigenvalue weighted by molar-refractivity contribution is 6.03. The van der Waals surface area contributed by atoms with Gasteiger partial charge in [-0.25, -0.2) is 14.3 Å². The van der Waals surface area contributed by atoms with E-state index in [0.717, 1.165) is 36.0 Å². The average molecular weight is 633 g/mol. The van der Waals surface area contributed by atoms with Gasteiger partial charge in [0.15, 0.2) is 17.3 Å². The monoisotopic (exact) mass is 632 g/mol. The van der Waals surface area contributed by atoms with Crippen molar-refractivity contribution in [2.75, 3.05) is 24.8 Å². The van der Waals surface area contributed by atoms with Crippen molar-refractivity contribution in [1.82, 2.24) is 24.2 Å². The molecule has 0 bridgehead atoms. The van der Waals surface area contributed by atoms with Crippen LogP contribution in [0, 0.1) is 5.92 Å². The van der Waals surface area contributed by atoms with Crippen LogP contribution in [-0.4, -0.2) is 73.5 Å². The van der Waals surface area contributed by atoms with E-state index in [1.807, 2.05) is 6.92 Å². The summed E-state index contributed by atoms with van der Waals surface area (Å²) in [5.74, 6) is -1.39. The van der Waals surface area contributed by atoms with E-state index >= 15 is 0 Å². The third kappa shape index (κ3) is 6.67. The third-order valence-electron chi connectivity index (χ3n) is 7.95. The second-order valence-corrected chi connectivity index (χ2v) is 11.0. The van der Waals surface area contributed by atoms with Crippen molar-refractivity contribution in [3.8, 4) is 11.4 Å². The van der Waals surface area contributed by atoms with Crippen LogP contribution in [0.5, 0.6) is 0 Å². The molecular formula is C30H35F3N6O6. The van der Waals surface area contributed by atoms with E-state index in [1.54, 1.807) is 6.92 Å². The fourth-order valence-electron chi connectivity index (χ4n) is 5.72. The second kappa shape index (κ2) is 13.3. The number of carbonyl (C=O) groups excluding carboxylic acids is 3. The number of aliphatic hydroxyl groups excluding tert-OH is 1. The summed E-state index contributed by atoms with van der Waals surface area (Å²) in [6.07, 6.45) is 0.771. The van der Waals surface area contributed by atoms with E-state index in [-0.39, 0.29) is 48.5 Å². The predicted molar refractivity (Wildman–Crippen MR) is 154 cm³/mol. The molecule has 0 radical (unpaired) electrons. The SMILES string of the molecule is CCCN1C(=O)c2c(nc(-c3cnn(Cc4cccc(C(F)(F)F)c4)c3)n2C(=O)OCOC(=O)C2CCCCC2)N(CC)C1O. The number of benzene rings is 1. The first kappa shape index (κ1) is 32.0. The van der Waals surface area contributed by atoms with Crippen LogP contribution >= 0.6 is 0 Å². The molecule has 2 aromatic heterocycles. The molecule has 12 nitrogen and oxygen atoms in total. The number of imidazole rings is 1. The lowest BCUT2D eigenvalue weighted by atomic mass is 9.89. The first-order chi connectivity index (χ1) is 21.5. The first-order valence-electron chi connectivity index (χ1n) is 14.9. The molecule has 1 atom stereocenters. The number of hydrogen-bond acceptors (Lipinski definition) is 9. The largest absolute Gasteiger partial charge is 0.428 e. The van der Waals surface area contributed by atoms with Gasteiger partial charge in [-0.2, -0.15) is 18.3 Å². The lowest BCUT2D eigenvalue weighted by Crippen LogP contribution is -2.56. The molecule has 242 valence electrons. The predicted octanol–water partition coefficient (Wildman–Crippen LogP) is 4.85. The lowest BCUT2D eigenvalue weighted by molar-refractivity contribution is -0.158. The molecule has 1 N–H and O–H groups in total. The Morgan fingerprint density at radius 2 is 1.84 bits per heavy atom. The summed E-state index contributed by atoms with van der Waals surface area (Å²) in [7, 11) is 0. The minimum absolute atomic E-state index is 0.0189. The molecule has 1 aromatic carbocycles. The fourth-order valence-corrected chi connectivity index (χ4v) is 5.72. The van der Waals surface area contributed by atoms with Crippen molar-refractivity contribution >= 4 is 23.8 Å². The maximum Gasteiger partial charge on any atom is 0.423 e. The number of aliphatic hydroxyl groups is 1. The summed E-state index contributed by atoms with van der Waals surface area (Å²) >= 11 is 0. The Labute approximate surface area is 257 Å². The van der Waals surface area contributed by atoms with Gasteiger partial charge in [-0.05, 0) is 43.9 Å². The zero-order valence-electron chi connectivity index (χ0n) is 25.0. The topological polar surface area (TPSA) is 132 Å². The third-order valence-corrected chi connectivity index (χ3v) is 7.95. The van der Waals surface area contributed by atoms with Crippen LogP contribution in [-0.2, 0) is 27.0 Å². The van der Waals surface area contributed by atoms with Gasteiger partial charge in [0.1, 0.15) is 0 Å². The van der Waals surface area contributed by atoms with Crippen LogP contribution in [0.4, 0.5) is 23.8 Å². The van der Waals surface area contributed by atoms with Gasteiger partial charge in [-0.1, -0.05) is 38.3 Å². The van der Waals surface area contributed by atoms with Gasteiger partial charge in [-0.15, -0.1) is 0 Å². The number of alkyl halides is 3. The Kier molecular flexibility index (Phi) is 9.46. The normalized spacial score (nSPS) is 17.4. The van der Waals surface area contributed by atoms with Crippen LogP contribution in [0.3, 0.4) is 0 Å². The smallest absolute Gasteiger partial charge is 0.423 e. The van der Waals surface area contributed by atoms with Crippen LogP contribution < -0.4 is 4.90 Å². The summed E-state index contributed by atoms with van der Waals surface area (Å²) in [5, 5.41) is 15.2. The Bertz CT molecular complexity index is 1550. The molecule has 3 heterocycles. The van der Waals surface area contributed by atoms with Crippen molar-refractivity contribution in [1.29, 1.82) is 0 Å². The standard InChI is InChI=1S/C30H35F3N6O6/c1-3-13-38-26(40)23-25(37(4-2)28(38)42)35-24(39(23)29(43)45-18-44-27(41)20-10-6-5-7-11-20)21-15-34-36(17-21)16-19-9-8-12-22(14-19)30(31,32)33/h8-9,12,14-15,17,20,28,42H,3-7,10-11,13,16,18H2,1-2H3. The van der Waals surface area contributed by atoms with Gasteiger partial charge in [0.2, 0.25) is 13.1 Å². The number of rotatable bonds is 9. The molecule has 1 fully saturated rings. The molecule has 1 unspecified atom stereocenters. The summed E-state index contributed by atoms with van der Waals surface area (Å²) in [4.78, 5) is 46.9. The second-order valence-electron chi connectivity index (χ2n) is 11.0. The van der Waals surface area contributed by atoms with Crippen molar-refractivity contribution in [3.05, 3.63) is 53.5 Å². The van der Waals surface area contributed by atoms with Crippen molar-refractivity contribution < 1.29 is 42.1 Å². The van der Waals surface area contributed by atoms with Crippen LogP contribution in [0.2, 0.25) is 0 Å². The quantitative estimate of drug-likeness (QED) is 0.260. The van der Waals surface area contributed by atoms with E-state index in [2.05, 4.69) is 10.1 Å². The molecule has 0 saturated heterocycles. The molecule has 15 heteroatoms. The summed E-state index contributed by atoms with van der Waals surface area (Å²) < 4.78 is 52.6. The van der Waals surface area contributed by atoms with Gasteiger partial charge in [0.25, 0.3) is 5.91 Å². The highest BCUT2D eigenvalue weighted by atomic mass is 19.4. The minimum atomic E-state index is -4.51. The van der Waals surface area contributed by atoms with Crippen molar-refractivity contribution in [3.63, 3.8) is 0 Å². The maximum atomic E-state index is 13.7. The molecule has 5 rings (SSSR count). The molecule has 1 saturated carbocycles. The Hall–Kier alpha value is -4.40. The Morgan fingerprint density at radius 3 is 2.53 bits per heavy atom. The molecule has 3 aromatic rings. The number of hydrogen-bond donors (Lipinski definition) is 1. The fraction of sp³-hybridized carbons (Fsp3) is 0.500. The molecule has 1 amide bonds. The zero-order chi connectivity index (χ0) is 32.3. The lowest BCUT2D eigenvalue weighted by Gasteiger charge is -2.39. The van der Waals surface area contributed by atoms with E-state index < -0.39 is 42.9 Å². The zero-order valence-corrected chi connectivity index (χ0v) is 25.0.